The maximum atomic E-state index is 13.7. The van der Waals surface area contributed by atoms with Gasteiger partial charge in [0.05, 0.1) is 4.91 Å². The van der Waals surface area contributed by atoms with Crippen LogP contribution in [0.4, 0.5) is 4.39 Å². The van der Waals surface area contributed by atoms with Crippen LogP contribution >= 0.6 is 35.6 Å². The first kappa shape index (κ1) is 17.0. The van der Waals surface area contributed by atoms with Gasteiger partial charge >= 0.3 is 0 Å². The van der Waals surface area contributed by atoms with Crippen molar-refractivity contribution >= 4 is 51.9 Å². The third-order valence-corrected chi connectivity index (χ3v) is 4.64. The molecule has 1 N–H and O–H groups in total. The van der Waals surface area contributed by atoms with Crippen molar-refractivity contribution in [1.82, 2.24) is 5.32 Å². The first-order valence-electron chi connectivity index (χ1n) is 6.93. The number of hydrogen-bond donors (Lipinski definition) is 1. The van der Waals surface area contributed by atoms with E-state index >= 15 is 0 Å². The van der Waals surface area contributed by atoms with E-state index in [-0.39, 0.29) is 18.3 Å². The molecule has 2 aromatic carbocycles. The summed E-state index contributed by atoms with van der Waals surface area (Å²) in [5.74, 6) is -0.0890. The number of thioether (sulfide) groups is 1. The van der Waals surface area contributed by atoms with Gasteiger partial charge in [-0.3, -0.25) is 4.79 Å². The van der Waals surface area contributed by atoms with Gasteiger partial charge in [0.1, 0.15) is 22.5 Å². The third kappa shape index (κ3) is 3.95. The summed E-state index contributed by atoms with van der Waals surface area (Å²) in [6.45, 7) is 0.0717. The maximum absolute atomic E-state index is 13.7. The molecular weight excluding hydrogens is 369 g/mol. The van der Waals surface area contributed by atoms with Crippen molar-refractivity contribution in [3.63, 3.8) is 0 Å². The minimum absolute atomic E-state index is 0.0717. The lowest BCUT2D eigenvalue weighted by Gasteiger charge is -2.10. The maximum Gasteiger partial charge on any atom is 0.263 e. The van der Waals surface area contributed by atoms with Gasteiger partial charge in [-0.15, -0.1) is 0 Å². The van der Waals surface area contributed by atoms with Gasteiger partial charge in [0.2, 0.25) is 0 Å². The molecule has 0 unspecified atom stereocenters. The quantitative estimate of drug-likeness (QED) is 0.625. The highest BCUT2D eigenvalue weighted by Crippen LogP contribution is 2.31. The first-order valence-corrected chi connectivity index (χ1v) is 8.54. The summed E-state index contributed by atoms with van der Waals surface area (Å²) in [4.78, 5) is 12.3. The topological polar surface area (TPSA) is 38.3 Å². The van der Waals surface area contributed by atoms with Crippen molar-refractivity contribution in [2.75, 3.05) is 0 Å². The van der Waals surface area contributed by atoms with Crippen LogP contribution in [0.25, 0.3) is 6.08 Å². The molecule has 0 bridgehead atoms. The summed E-state index contributed by atoms with van der Waals surface area (Å²) in [7, 11) is 0. The summed E-state index contributed by atoms with van der Waals surface area (Å²) in [6, 6.07) is 11.4. The number of carbonyl (C=O) groups excluding carboxylic acids is 1. The lowest BCUT2D eigenvalue weighted by atomic mass is 10.1. The minimum Gasteiger partial charge on any atom is -0.488 e. The Kier molecular flexibility index (Phi) is 5.18. The van der Waals surface area contributed by atoms with Gasteiger partial charge in [0, 0.05) is 16.1 Å². The molecule has 7 heteroatoms. The zero-order valence-corrected chi connectivity index (χ0v) is 14.6. The Balaban J connectivity index is 1.86. The number of amides is 1. The van der Waals surface area contributed by atoms with E-state index in [2.05, 4.69) is 5.32 Å². The van der Waals surface area contributed by atoms with Gasteiger partial charge < -0.3 is 10.1 Å². The number of benzene rings is 2. The second-order valence-electron chi connectivity index (χ2n) is 4.91. The lowest BCUT2D eigenvalue weighted by molar-refractivity contribution is -0.115. The monoisotopic (exact) mass is 379 g/mol. The van der Waals surface area contributed by atoms with Crippen molar-refractivity contribution in [3.8, 4) is 5.75 Å². The van der Waals surface area contributed by atoms with Crippen molar-refractivity contribution in [2.24, 2.45) is 0 Å². The Morgan fingerprint density at radius 2 is 2.08 bits per heavy atom. The Morgan fingerprint density at radius 3 is 2.79 bits per heavy atom. The summed E-state index contributed by atoms with van der Waals surface area (Å²) in [6.07, 6.45) is 1.65. The van der Waals surface area contributed by atoms with Crippen LogP contribution in [0.1, 0.15) is 11.1 Å². The molecule has 0 aliphatic carbocycles. The molecule has 1 amide bonds. The van der Waals surface area contributed by atoms with E-state index in [0.29, 0.717) is 31.1 Å². The predicted molar refractivity (Wildman–Crippen MR) is 98.5 cm³/mol. The molecule has 1 aliphatic heterocycles. The molecular formula is C17H11ClFNO2S2. The summed E-state index contributed by atoms with van der Waals surface area (Å²) in [5.41, 5.74) is 1.07. The Morgan fingerprint density at radius 1 is 1.29 bits per heavy atom. The van der Waals surface area contributed by atoms with Crippen molar-refractivity contribution in [2.45, 2.75) is 6.61 Å². The number of rotatable bonds is 4. The second kappa shape index (κ2) is 7.34. The van der Waals surface area contributed by atoms with Crippen molar-refractivity contribution < 1.29 is 13.9 Å². The number of hydrogen-bond acceptors (Lipinski definition) is 4. The fraction of sp³-hybridized carbons (Fsp3) is 0.0588. The van der Waals surface area contributed by atoms with E-state index in [1.54, 1.807) is 42.5 Å². The van der Waals surface area contributed by atoms with Crippen LogP contribution in [0.5, 0.6) is 5.75 Å². The van der Waals surface area contributed by atoms with Gasteiger partial charge in [-0.25, -0.2) is 4.39 Å². The van der Waals surface area contributed by atoms with Gasteiger partial charge in [-0.05, 0) is 30.3 Å². The fourth-order valence-corrected chi connectivity index (χ4v) is 3.31. The van der Waals surface area contributed by atoms with E-state index in [4.69, 9.17) is 28.6 Å². The zero-order valence-electron chi connectivity index (χ0n) is 12.2. The normalized spacial score (nSPS) is 15.7. The largest absolute Gasteiger partial charge is 0.488 e. The molecule has 1 heterocycles. The number of ether oxygens (including phenoxy) is 1. The fourth-order valence-electron chi connectivity index (χ4n) is 2.10. The molecule has 3 nitrogen and oxygen atoms in total. The van der Waals surface area contributed by atoms with Gasteiger partial charge in [-0.1, -0.05) is 53.8 Å². The molecule has 1 saturated heterocycles. The zero-order chi connectivity index (χ0) is 17.1. The third-order valence-electron chi connectivity index (χ3n) is 3.24. The highest BCUT2D eigenvalue weighted by atomic mass is 35.5. The average molecular weight is 380 g/mol. The molecule has 1 fully saturated rings. The first-order chi connectivity index (χ1) is 11.5. The highest BCUT2D eigenvalue weighted by Gasteiger charge is 2.22. The molecule has 0 atom stereocenters. The van der Waals surface area contributed by atoms with Crippen LogP contribution in [0.3, 0.4) is 0 Å². The molecule has 0 spiro atoms. The van der Waals surface area contributed by atoms with Gasteiger partial charge in [0.25, 0.3) is 5.91 Å². The molecule has 0 saturated carbocycles. The smallest absolute Gasteiger partial charge is 0.263 e. The van der Waals surface area contributed by atoms with Crippen molar-refractivity contribution in [3.05, 3.63) is 69.3 Å². The average Bonchev–Trinajstić information content (AvgIpc) is 2.85. The summed E-state index contributed by atoms with van der Waals surface area (Å²) in [5, 5.41) is 3.06. The Hall–Kier alpha value is -1.89. The van der Waals surface area contributed by atoms with Crippen LogP contribution in [0.2, 0.25) is 5.02 Å². The van der Waals surface area contributed by atoms with Crippen molar-refractivity contribution in [1.29, 1.82) is 0 Å². The number of carbonyl (C=O) groups is 1. The molecule has 2 aromatic rings. The molecule has 1 aliphatic rings. The van der Waals surface area contributed by atoms with Crippen LogP contribution in [-0.2, 0) is 11.4 Å². The molecule has 122 valence electrons. The van der Waals surface area contributed by atoms with Crippen LogP contribution in [0.15, 0.2) is 47.4 Å². The second-order valence-corrected chi connectivity index (χ2v) is 7.07. The van der Waals surface area contributed by atoms with E-state index < -0.39 is 0 Å². The molecule has 24 heavy (non-hydrogen) atoms. The van der Waals surface area contributed by atoms with Gasteiger partial charge in [0.15, 0.2) is 0 Å². The predicted octanol–water partition coefficient (Wildman–Crippen LogP) is 4.55. The molecule has 0 radical (unpaired) electrons. The standard InChI is InChI=1S/C17H11ClFNO2S2/c18-12-5-6-14(22-9-10-3-1-2-4-13(10)19)11(7-12)8-15-16(21)20-17(23)24-15/h1-8H,9H2,(H,20,21,23)/b15-8+. The lowest BCUT2D eigenvalue weighted by Crippen LogP contribution is -2.17. The van der Waals surface area contributed by atoms with Crippen LogP contribution < -0.4 is 10.1 Å². The van der Waals surface area contributed by atoms with Gasteiger partial charge in [-0.2, -0.15) is 0 Å². The Labute approximate surface area is 152 Å². The van der Waals surface area contributed by atoms with E-state index in [1.165, 1.54) is 17.8 Å². The summed E-state index contributed by atoms with van der Waals surface area (Å²) >= 11 is 12.2. The highest BCUT2D eigenvalue weighted by molar-refractivity contribution is 8.26. The SMILES string of the molecule is O=C1NC(=S)S/C1=C/c1cc(Cl)ccc1OCc1ccccc1F. The minimum atomic E-state index is -0.331. The van der Waals surface area contributed by atoms with E-state index in [0.717, 1.165) is 0 Å². The number of thiocarbonyl (C=S) groups is 1. The number of halogens is 2. The summed E-state index contributed by atoms with van der Waals surface area (Å²) < 4.78 is 19.8. The molecule has 0 aromatic heterocycles. The van der Waals surface area contributed by atoms with Crippen LogP contribution in [-0.4, -0.2) is 10.2 Å². The van der Waals surface area contributed by atoms with E-state index in [1.807, 2.05) is 0 Å². The van der Waals surface area contributed by atoms with Crippen LogP contribution in [0, 0.1) is 5.82 Å². The molecule has 3 rings (SSSR count). The Bertz CT molecular complexity index is 854. The number of nitrogens with one attached hydrogen (secondary N) is 1. The van der Waals surface area contributed by atoms with E-state index in [9.17, 15) is 9.18 Å².